The first-order valence-corrected chi connectivity index (χ1v) is 6.64. The highest BCUT2D eigenvalue weighted by atomic mass is 19.3. The second-order valence-electron chi connectivity index (χ2n) is 5.94. The molecule has 0 aliphatic heterocycles. The van der Waals surface area contributed by atoms with Crippen LogP contribution >= 0.6 is 0 Å². The molecule has 0 N–H and O–H groups in total. The highest BCUT2D eigenvalue weighted by molar-refractivity contribution is 4.86. The summed E-state index contributed by atoms with van der Waals surface area (Å²) in [6, 6.07) is 0. The average Bonchev–Trinajstić information content (AvgIpc) is 1.99. The van der Waals surface area contributed by atoms with Crippen molar-refractivity contribution in [2.45, 2.75) is 72.6 Å². The molecule has 0 aromatic rings. The Hall–Kier alpha value is -0.140. The zero-order valence-electron chi connectivity index (χ0n) is 11.5. The Kier molecular flexibility index (Phi) is 7.17. The fourth-order valence-electron chi connectivity index (χ4n) is 2.20. The molecule has 0 radical (unpaired) electrons. The summed E-state index contributed by atoms with van der Waals surface area (Å²) in [6.07, 6.45) is 3.93. The van der Waals surface area contributed by atoms with E-state index < -0.39 is 5.92 Å². The van der Waals surface area contributed by atoms with Gasteiger partial charge in [0.25, 0.3) is 0 Å². The molecule has 1 aliphatic carbocycles. The fourth-order valence-corrected chi connectivity index (χ4v) is 2.20. The van der Waals surface area contributed by atoms with Crippen molar-refractivity contribution in [2.24, 2.45) is 17.8 Å². The molecule has 16 heavy (non-hydrogen) atoms. The molecule has 0 saturated heterocycles. The van der Waals surface area contributed by atoms with Gasteiger partial charge in [0, 0.05) is 12.8 Å². The summed E-state index contributed by atoms with van der Waals surface area (Å²) in [5.41, 5.74) is 0. The standard InChI is InChI=1S/C8H14F2.C6H14/c1-6(2)3-7-4-8(9,10)5-7;1-4-5-6(2)3/h6-7H,3-5H2,1-2H3;6H,4-5H2,1-3H3. The first-order valence-electron chi connectivity index (χ1n) is 6.64. The molecule has 1 rings (SSSR count). The van der Waals surface area contributed by atoms with E-state index in [1.165, 1.54) is 12.8 Å². The van der Waals surface area contributed by atoms with Gasteiger partial charge in [-0.25, -0.2) is 8.78 Å². The second-order valence-corrected chi connectivity index (χ2v) is 5.94. The molecular weight excluding hydrogens is 206 g/mol. The average molecular weight is 234 g/mol. The predicted molar refractivity (Wildman–Crippen MR) is 66.9 cm³/mol. The van der Waals surface area contributed by atoms with Gasteiger partial charge in [-0.2, -0.15) is 0 Å². The van der Waals surface area contributed by atoms with Crippen molar-refractivity contribution >= 4 is 0 Å². The van der Waals surface area contributed by atoms with E-state index in [-0.39, 0.29) is 12.8 Å². The van der Waals surface area contributed by atoms with Gasteiger partial charge in [-0.15, -0.1) is 0 Å². The number of hydrogen-bond acceptors (Lipinski definition) is 0. The number of rotatable bonds is 4. The zero-order valence-corrected chi connectivity index (χ0v) is 11.5. The molecule has 0 aromatic heterocycles. The minimum absolute atomic E-state index is 0.130. The van der Waals surface area contributed by atoms with E-state index in [9.17, 15) is 8.78 Å². The molecule has 1 fully saturated rings. The van der Waals surface area contributed by atoms with E-state index in [1.54, 1.807) is 0 Å². The summed E-state index contributed by atoms with van der Waals surface area (Å²) >= 11 is 0. The van der Waals surface area contributed by atoms with Crippen LogP contribution in [-0.4, -0.2) is 5.92 Å². The lowest BCUT2D eigenvalue weighted by atomic mass is 9.77. The van der Waals surface area contributed by atoms with Crippen LogP contribution in [-0.2, 0) is 0 Å². The van der Waals surface area contributed by atoms with Crippen LogP contribution in [0.3, 0.4) is 0 Å². The van der Waals surface area contributed by atoms with Crippen LogP contribution in [0.4, 0.5) is 8.78 Å². The van der Waals surface area contributed by atoms with Gasteiger partial charge in [-0.05, 0) is 24.2 Å². The molecule has 0 heterocycles. The zero-order chi connectivity index (χ0) is 12.8. The van der Waals surface area contributed by atoms with E-state index in [4.69, 9.17) is 0 Å². The SMILES string of the molecule is CC(C)CC1CC(F)(F)C1.CCCC(C)C. The molecule has 0 aromatic carbocycles. The van der Waals surface area contributed by atoms with E-state index in [0.29, 0.717) is 11.8 Å². The quantitative estimate of drug-likeness (QED) is 0.600. The van der Waals surface area contributed by atoms with Gasteiger partial charge in [0.05, 0.1) is 0 Å². The van der Waals surface area contributed by atoms with Gasteiger partial charge in [0.2, 0.25) is 5.92 Å². The highest BCUT2D eigenvalue weighted by Gasteiger charge is 2.44. The van der Waals surface area contributed by atoms with Crippen LogP contribution in [0.25, 0.3) is 0 Å². The summed E-state index contributed by atoms with van der Waals surface area (Å²) in [5, 5.41) is 0. The summed E-state index contributed by atoms with van der Waals surface area (Å²) < 4.78 is 24.5. The summed E-state index contributed by atoms with van der Waals surface area (Å²) in [5.74, 6) is -0.550. The van der Waals surface area contributed by atoms with E-state index in [2.05, 4.69) is 34.6 Å². The Balaban J connectivity index is 0.000000325. The smallest absolute Gasteiger partial charge is 0.207 e. The largest absolute Gasteiger partial charge is 0.248 e. The van der Waals surface area contributed by atoms with Crippen molar-refractivity contribution in [2.75, 3.05) is 0 Å². The Morgan fingerprint density at radius 2 is 1.56 bits per heavy atom. The summed E-state index contributed by atoms with van der Waals surface area (Å²) in [7, 11) is 0. The van der Waals surface area contributed by atoms with Crippen LogP contribution in [0.5, 0.6) is 0 Å². The molecular formula is C14H28F2. The maximum absolute atomic E-state index is 12.2. The number of halogens is 2. The summed E-state index contributed by atoms with van der Waals surface area (Å²) in [6.45, 7) is 10.9. The van der Waals surface area contributed by atoms with Crippen molar-refractivity contribution in [3.05, 3.63) is 0 Å². The monoisotopic (exact) mass is 234 g/mol. The minimum Gasteiger partial charge on any atom is -0.207 e. The van der Waals surface area contributed by atoms with Gasteiger partial charge in [0.15, 0.2) is 0 Å². The second kappa shape index (κ2) is 7.24. The third kappa shape index (κ3) is 8.06. The number of hydrogen-bond donors (Lipinski definition) is 0. The molecule has 0 nitrogen and oxygen atoms in total. The molecule has 1 saturated carbocycles. The van der Waals surface area contributed by atoms with E-state index >= 15 is 0 Å². The Labute approximate surface area is 99.8 Å². The number of alkyl halides is 2. The third-order valence-electron chi connectivity index (χ3n) is 2.85. The maximum atomic E-state index is 12.2. The molecule has 98 valence electrons. The van der Waals surface area contributed by atoms with Crippen LogP contribution in [0.15, 0.2) is 0 Å². The van der Waals surface area contributed by atoms with E-state index in [1.807, 2.05) is 0 Å². The lowest BCUT2D eigenvalue weighted by molar-refractivity contribution is -0.114. The fraction of sp³-hybridized carbons (Fsp3) is 1.00. The summed E-state index contributed by atoms with van der Waals surface area (Å²) in [4.78, 5) is 0. The van der Waals surface area contributed by atoms with Crippen molar-refractivity contribution in [1.82, 2.24) is 0 Å². The van der Waals surface area contributed by atoms with Gasteiger partial charge in [-0.1, -0.05) is 47.5 Å². The Bertz CT molecular complexity index is 163. The van der Waals surface area contributed by atoms with Crippen LogP contribution in [0.2, 0.25) is 0 Å². The molecule has 0 bridgehead atoms. The maximum Gasteiger partial charge on any atom is 0.248 e. The first kappa shape index (κ1) is 15.9. The van der Waals surface area contributed by atoms with E-state index in [0.717, 1.165) is 12.3 Å². The van der Waals surface area contributed by atoms with Gasteiger partial charge >= 0.3 is 0 Å². The minimum atomic E-state index is -2.32. The molecule has 1 aliphatic rings. The van der Waals surface area contributed by atoms with Gasteiger partial charge < -0.3 is 0 Å². The van der Waals surface area contributed by atoms with Gasteiger partial charge in [-0.3, -0.25) is 0 Å². The highest BCUT2D eigenvalue weighted by Crippen LogP contribution is 2.45. The van der Waals surface area contributed by atoms with Crippen LogP contribution in [0.1, 0.15) is 66.7 Å². The molecule has 0 atom stereocenters. The van der Waals surface area contributed by atoms with Crippen molar-refractivity contribution in [3.8, 4) is 0 Å². The first-order chi connectivity index (χ1) is 7.26. The Morgan fingerprint density at radius 1 is 1.06 bits per heavy atom. The molecule has 2 heteroatoms. The molecule has 0 unspecified atom stereocenters. The predicted octanol–water partition coefficient (Wildman–Crippen LogP) is 5.52. The van der Waals surface area contributed by atoms with Gasteiger partial charge in [0.1, 0.15) is 0 Å². The molecule has 0 amide bonds. The topological polar surface area (TPSA) is 0 Å². The normalized spacial score (nSPS) is 19.3. The van der Waals surface area contributed by atoms with Crippen LogP contribution in [0, 0.1) is 17.8 Å². The Morgan fingerprint density at radius 3 is 1.75 bits per heavy atom. The lowest BCUT2D eigenvalue weighted by Crippen LogP contribution is -2.35. The van der Waals surface area contributed by atoms with Crippen LogP contribution < -0.4 is 0 Å². The van der Waals surface area contributed by atoms with Crippen molar-refractivity contribution in [1.29, 1.82) is 0 Å². The molecule has 0 spiro atoms. The third-order valence-corrected chi connectivity index (χ3v) is 2.85. The van der Waals surface area contributed by atoms with Crippen molar-refractivity contribution in [3.63, 3.8) is 0 Å². The lowest BCUT2D eigenvalue weighted by Gasteiger charge is -2.35. The van der Waals surface area contributed by atoms with Crippen molar-refractivity contribution < 1.29 is 8.78 Å².